The molecule has 2 saturated heterocycles. The molecule has 0 aromatic heterocycles. The summed E-state index contributed by atoms with van der Waals surface area (Å²) in [5.74, 6) is -0.316. The van der Waals surface area contributed by atoms with Crippen LogP contribution >= 0.6 is 0 Å². The number of nitro groups is 1. The molecule has 0 radical (unpaired) electrons. The highest BCUT2D eigenvalue weighted by atomic mass is 16.6. The lowest BCUT2D eigenvalue weighted by molar-refractivity contribution is -0.855. The highest BCUT2D eigenvalue weighted by Crippen LogP contribution is 2.26. The van der Waals surface area contributed by atoms with Crippen molar-refractivity contribution in [2.24, 2.45) is 0 Å². The van der Waals surface area contributed by atoms with Gasteiger partial charge in [0.05, 0.1) is 43.1 Å². The first-order valence-corrected chi connectivity index (χ1v) is 8.42. The fraction of sp³-hybridized carbons (Fsp3) is 0.471. The first kappa shape index (κ1) is 17.5. The number of carbonyl (C=O) groups is 1. The van der Waals surface area contributed by atoms with E-state index < -0.39 is 4.92 Å². The third kappa shape index (κ3) is 4.22. The van der Waals surface area contributed by atoms with E-state index in [1.54, 1.807) is 23.1 Å². The number of hydrogen-bond donors (Lipinski definition) is 1. The van der Waals surface area contributed by atoms with Crippen molar-refractivity contribution in [2.45, 2.75) is 0 Å². The molecule has 0 saturated carbocycles. The van der Waals surface area contributed by atoms with Gasteiger partial charge in [-0.15, -0.1) is 0 Å². The third-order valence-electron chi connectivity index (χ3n) is 4.41. The van der Waals surface area contributed by atoms with Crippen LogP contribution in [0.1, 0.15) is 15.9 Å². The van der Waals surface area contributed by atoms with E-state index in [1.165, 1.54) is 11.0 Å². The molecule has 0 aliphatic carbocycles. The molecule has 1 N–H and O–H groups in total. The largest absolute Gasteiger partial charge is 0.378 e. The number of benzene rings is 1. The summed E-state index contributed by atoms with van der Waals surface area (Å²) >= 11 is 0. The van der Waals surface area contributed by atoms with Gasteiger partial charge in [0, 0.05) is 19.2 Å². The molecule has 2 heterocycles. The van der Waals surface area contributed by atoms with Crippen molar-refractivity contribution in [3.8, 4) is 0 Å². The molecular weight excluding hydrogens is 326 g/mol. The molecule has 25 heavy (non-hydrogen) atoms. The summed E-state index contributed by atoms with van der Waals surface area (Å²) in [7, 11) is 0. The molecule has 2 aliphatic heterocycles. The number of amides is 1. The topological polar surface area (TPSA) is 86.3 Å². The number of para-hydroxylation sites is 1. The van der Waals surface area contributed by atoms with Gasteiger partial charge in [-0.25, -0.2) is 0 Å². The Morgan fingerprint density at radius 3 is 2.52 bits per heavy atom. The van der Waals surface area contributed by atoms with E-state index in [9.17, 15) is 14.9 Å². The quantitative estimate of drug-likeness (QED) is 0.609. The molecule has 134 valence electrons. The summed E-state index contributed by atoms with van der Waals surface area (Å²) in [6.45, 7) is 4.84. The van der Waals surface area contributed by atoms with Crippen LogP contribution in [0.25, 0.3) is 6.08 Å². The van der Waals surface area contributed by atoms with Crippen LogP contribution in [0.4, 0.5) is 5.69 Å². The van der Waals surface area contributed by atoms with E-state index in [-0.39, 0.29) is 17.2 Å². The Morgan fingerprint density at radius 2 is 1.84 bits per heavy atom. The minimum Gasteiger partial charge on any atom is -0.378 e. The average Bonchev–Trinajstić information content (AvgIpc) is 2.66. The first-order valence-electron chi connectivity index (χ1n) is 8.42. The maximum absolute atomic E-state index is 12.7. The van der Waals surface area contributed by atoms with Crippen LogP contribution in [-0.2, 0) is 9.47 Å². The van der Waals surface area contributed by atoms with Crippen LogP contribution < -0.4 is 4.90 Å². The van der Waals surface area contributed by atoms with Crippen molar-refractivity contribution in [3.05, 3.63) is 45.6 Å². The molecule has 0 unspecified atom stereocenters. The SMILES string of the molecule is O=C(c1cccc(C=C[NH+]2CCOCC2)c1[N+](=O)[O-])N1CCOCC1. The van der Waals surface area contributed by atoms with Crippen LogP contribution in [0.3, 0.4) is 0 Å². The molecule has 1 aromatic carbocycles. The van der Waals surface area contributed by atoms with Crippen LogP contribution in [-0.4, -0.2) is 68.3 Å². The maximum atomic E-state index is 12.7. The Balaban J connectivity index is 1.87. The predicted octanol–water partition coefficient (Wildman–Crippen LogP) is -0.0470. The molecule has 0 spiro atoms. The molecule has 3 rings (SSSR count). The second-order valence-electron chi connectivity index (χ2n) is 6.01. The van der Waals surface area contributed by atoms with Crippen LogP contribution in [0.2, 0.25) is 0 Å². The highest BCUT2D eigenvalue weighted by molar-refractivity contribution is 5.99. The Bertz CT molecular complexity index is 664. The Morgan fingerprint density at radius 1 is 1.16 bits per heavy atom. The van der Waals surface area contributed by atoms with Gasteiger partial charge in [0.2, 0.25) is 0 Å². The van der Waals surface area contributed by atoms with E-state index in [4.69, 9.17) is 9.47 Å². The van der Waals surface area contributed by atoms with Gasteiger partial charge in [0.1, 0.15) is 18.7 Å². The number of nitro benzene ring substituents is 1. The fourth-order valence-electron chi connectivity index (χ4n) is 3.02. The molecule has 1 aromatic rings. The van der Waals surface area contributed by atoms with E-state index in [2.05, 4.69) is 0 Å². The summed E-state index contributed by atoms with van der Waals surface area (Å²) in [6.07, 6.45) is 3.64. The van der Waals surface area contributed by atoms with Crippen molar-refractivity contribution in [3.63, 3.8) is 0 Å². The molecule has 0 bridgehead atoms. The van der Waals surface area contributed by atoms with Gasteiger partial charge < -0.3 is 19.3 Å². The summed E-state index contributed by atoms with van der Waals surface area (Å²) in [5.41, 5.74) is 0.442. The second-order valence-corrected chi connectivity index (χ2v) is 6.01. The molecule has 2 aliphatic rings. The Kier molecular flexibility index (Phi) is 5.75. The Hall–Kier alpha value is -2.29. The van der Waals surface area contributed by atoms with Crippen LogP contribution in [0, 0.1) is 10.1 Å². The summed E-state index contributed by atoms with van der Waals surface area (Å²) in [6, 6.07) is 4.88. The normalized spacial score (nSPS) is 19.3. The number of morpholine rings is 2. The number of carbonyl (C=O) groups excluding carboxylic acids is 1. The maximum Gasteiger partial charge on any atom is 0.289 e. The van der Waals surface area contributed by atoms with E-state index in [0.29, 0.717) is 45.1 Å². The minimum atomic E-state index is -0.470. The zero-order valence-corrected chi connectivity index (χ0v) is 14.0. The van der Waals surface area contributed by atoms with Crippen molar-refractivity contribution in [1.82, 2.24) is 4.90 Å². The number of ether oxygens (including phenoxy) is 2. The van der Waals surface area contributed by atoms with Crippen LogP contribution in [0.5, 0.6) is 0 Å². The smallest absolute Gasteiger partial charge is 0.289 e. The number of rotatable bonds is 4. The third-order valence-corrected chi connectivity index (χ3v) is 4.41. The fourth-order valence-corrected chi connectivity index (χ4v) is 3.02. The van der Waals surface area contributed by atoms with Gasteiger partial charge in [-0.2, -0.15) is 0 Å². The van der Waals surface area contributed by atoms with E-state index >= 15 is 0 Å². The molecule has 1 amide bonds. The number of quaternary nitrogens is 1. The molecule has 8 nitrogen and oxygen atoms in total. The predicted molar refractivity (Wildman–Crippen MR) is 90.4 cm³/mol. The summed E-state index contributed by atoms with van der Waals surface area (Å²) < 4.78 is 10.5. The van der Waals surface area contributed by atoms with Crippen molar-refractivity contribution in [1.29, 1.82) is 0 Å². The lowest BCUT2D eigenvalue weighted by Gasteiger charge is -2.26. The van der Waals surface area contributed by atoms with Gasteiger partial charge in [-0.1, -0.05) is 6.07 Å². The van der Waals surface area contributed by atoms with Crippen LogP contribution in [0.15, 0.2) is 24.4 Å². The van der Waals surface area contributed by atoms with Gasteiger partial charge in [0.15, 0.2) is 0 Å². The van der Waals surface area contributed by atoms with Gasteiger partial charge in [-0.05, 0) is 12.1 Å². The summed E-state index contributed by atoms with van der Waals surface area (Å²) in [5, 5.41) is 11.6. The number of nitrogens with one attached hydrogen (secondary N) is 1. The molecule has 8 heteroatoms. The molecule has 0 atom stereocenters. The summed E-state index contributed by atoms with van der Waals surface area (Å²) in [4.78, 5) is 26.7. The second kappa shape index (κ2) is 8.19. The van der Waals surface area contributed by atoms with E-state index in [0.717, 1.165) is 13.1 Å². The van der Waals surface area contributed by atoms with Crippen molar-refractivity contribution < 1.29 is 24.1 Å². The Labute approximate surface area is 145 Å². The number of nitrogens with zero attached hydrogens (tertiary/aromatic N) is 2. The number of hydrogen-bond acceptors (Lipinski definition) is 5. The van der Waals surface area contributed by atoms with Crippen molar-refractivity contribution in [2.75, 3.05) is 52.6 Å². The zero-order valence-electron chi connectivity index (χ0n) is 14.0. The van der Waals surface area contributed by atoms with E-state index in [1.807, 2.05) is 6.20 Å². The van der Waals surface area contributed by atoms with Gasteiger partial charge in [0.25, 0.3) is 11.6 Å². The van der Waals surface area contributed by atoms with Gasteiger partial charge >= 0.3 is 0 Å². The zero-order chi connectivity index (χ0) is 17.6. The lowest BCUT2D eigenvalue weighted by Crippen LogP contribution is -3.09. The molecular formula is C17H22N3O5+. The monoisotopic (exact) mass is 348 g/mol. The van der Waals surface area contributed by atoms with Crippen molar-refractivity contribution >= 4 is 17.7 Å². The lowest BCUT2D eigenvalue weighted by atomic mass is 10.1. The molecule has 2 fully saturated rings. The van der Waals surface area contributed by atoms with Gasteiger partial charge in [-0.3, -0.25) is 14.9 Å². The standard InChI is InChI=1S/C17H21N3O5/c21-17(19-8-12-25-13-9-19)15-3-1-2-14(16(15)20(22)23)4-5-18-6-10-24-11-7-18/h1-5H,6-13H2/p+1. The minimum absolute atomic E-state index is 0.131. The highest BCUT2D eigenvalue weighted by Gasteiger charge is 2.28. The first-order chi connectivity index (χ1) is 12.2. The average molecular weight is 348 g/mol.